The Hall–Kier alpha value is -8.20. The first-order valence-electron chi connectivity index (χ1n) is 22.6. The van der Waals surface area contributed by atoms with Gasteiger partial charge < -0.3 is 9.32 Å². The molecule has 0 spiro atoms. The van der Waals surface area contributed by atoms with Crippen LogP contribution in [0.5, 0.6) is 0 Å². The van der Waals surface area contributed by atoms with Crippen molar-refractivity contribution in [1.82, 2.24) is 0 Å². The van der Waals surface area contributed by atoms with E-state index in [2.05, 4.69) is 242 Å². The van der Waals surface area contributed by atoms with Crippen LogP contribution in [0.25, 0.3) is 93.6 Å². The maximum absolute atomic E-state index is 6.54. The molecular weight excluding hydrogens is 787 g/mol. The monoisotopic (exact) mass is 831 g/mol. The van der Waals surface area contributed by atoms with Gasteiger partial charge in [0, 0.05) is 33.3 Å². The van der Waals surface area contributed by atoms with Crippen molar-refractivity contribution in [1.29, 1.82) is 0 Å². The minimum absolute atomic E-state index is 0.350. The van der Waals surface area contributed by atoms with Crippen LogP contribution in [0.1, 0.15) is 18.9 Å². The van der Waals surface area contributed by atoms with Crippen LogP contribution in [0.2, 0.25) is 0 Å². The summed E-state index contributed by atoms with van der Waals surface area (Å²) in [6, 6.07) is 81.5. The van der Waals surface area contributed by atoms with Crippen LogP contribution in [0.3, 0.4) is 0 Å². The van der Waals surface area contributed by atoms with E-state index in [0.717, 1.165) is 50.9 Å². The van der Waals surface area contributed by atoms with Gasteiger partial charge in [-0.2, -0.15) is 0 Å². The van der Waals surface area contributed by atoms with Gasteiger partial charge in [0.25, 0.3) is 0 Å². The molecule has 10 aromatic carbocycles. The number of nitrogens with zero attached hydrogens (tertiary/aromatic N) is 1. The second-order valence-corrected chi connectivity index (χ2v) is 17.2. The first kappa shape index (κ1) is 38.5. The van der Waals surface area contributed by atoms with E-state index in [0.29, 0.717) is 5.92 Å². The number of hydrogen-bond acceptors (Lipinski definition) is 2. The van der Waals surface area contributed by atoms with Crippen molar-refractivity contribution < 1.29 is 4.42 Å². The molecule has 0 N–H and O–H groups in total. The molecule has 2 heteroatoms. The summed E-state index contributed by atoms with van der Waals surface area (Å²) in [5.41, 5.74) is 17.2. The van der Waals surface area contributed by atoms with Crippen molar-refractivity contribution in [3.8, 4) is 44.5 Å². The Bertz CT molecular complexity index is 3620. The van der Waals surface area contributed by atoms with Crippen LogP contribution in [0.15, 0.2) is 247 Å². The lowest BCUT2D eigenvalue weighted by molar-refractivity contribution is 0.670. The molecule has 0 saturated heterocycles. The van der Waals surface area contributed by atoms with Crippen LogP contribution in [-0.2, 0) is 0 Å². The molecule has 12 rings (SSSR count). The van der Waals surface area contributed by atoms with Gasteiger partial charge in [-0.1, -0.05) is 213 Å². The van der Waals surface area contributed by atoms with Crippen LogP contribution < -0.4 is 4.90 Å². The number of allylic oxidation sites excluding steroid dienone is 3. The minimum atomic E-state index is 0.350. The lowest BCUT2D eigenvalue weighted by Crippen LogP contribution is -2.20. The molecule has 0 radical (unpaired) electrons. The molecule has 0 aliphatic heterocycles. The van der Waals surface area contributed by atoms with Gasteiger partial charge in [-0.25, -0.2) is 0 Å². The van der Waals surface area contributed by atoms with Crippen molar-refractivity contribution in [2.75, 3.05) is 4.90 Å². The van der Waals surface area contributed by atoms with Crippen molar-refractivity contribution in [3.05, 3.63) is 248 Å². The molecule has 0 bridgehead atoms. The molecule has 0 fully saturated rings. The topological polar surface area (TPSA) is 16.4 Å². The summed E-state index contributed by atoms with van der Waals surface area (Å²) >= 11 is 0. The fourth-order valence-corrected chi connectivity index (χ4v) is 10.3. The Balaban J connectivity index is 1.11. The zero-order valence-electron chi connectivity index (χ0n) is 36.2. The number of rotatable bonds is 8. The molecule has 1 heterocycles. The molecule has 0 amide bonds. The highest BCUT2D eigenvalue weighted by Crippen LogP contribution is 2.48. The number of para-hydroxylation sites is 3. The molecule has 0 saturated carbocycles. The fraction of sp³-hybridized carbons (Fsp3) is 0.0476. The van der Waals surface area contributed by atoms with Crippen LogP contribution in [0, 0.1) is 5.92 Å². The third-order valence-corrected chi connectivity index (χ3v) is 13.2. The number of fused-ring (bicyclic) bond motifs is 5. The third kappa shape index (κ3) is 6.74. The van der Waals surface area contributed by atoms with Crippen molar-refractivity contribution >= 4 is 60.4 Å². The lowest BCUT2D eigenvalue weighted by atomic mass is 9.84. The van der Waals surface area contributed by atoms with Gasteiger partial charge in [0.1, 0.15) is 11.2 Å². The normalized spacial score (nSPS) is 13.9. The number of anilines is 2. The molecule has 1 atom stereocenters. The van der Waals surface area contributed by atoms with E-state index in [-0.39, 0.29) is 0 Å². The number of hydrogen-bond donors (Lipinski definition) is 0. The van der Waals surface area contributed by atoms with Crippen LogP contribution in [-0.4, -0.2) is 0 Å². The Labute approximate surface area is 379 Å². The second kappa shape index (κ2) is 16.2. The molecule has 1 aliphatic carbocycles. The van der Waals surface area contributed by atoms with Crippen LogP contribution in [0.4, 0.5) is 11.4 Å². The van der Waals surface area contributed by atoms with E-state index >= 15 is 0 Å². The van der Waals surface area contributed by atoms with E-state index in [1.54, 1.807) is 0 Å². The summed E-state index contributed by atoms with van der Waals surface area (Å²) in [6.45, 7) is 2.34. The second-order valence-electron chi connectivity index (χ2n) is 17.2. The highest BCUT2D eigenvalue weighted by molar-refractivity contribution is 6.11. The Morgan fingerprint density at radius 3 is 1.62 bits per heavy atom. The summed E-state index contributed by atoms with van der Waals surface area (Å²) in [5, 5.41) is 7.23. The van der Waals surface area contributed by atoms with Crippen LogP contribution >= 0.6 is 0 Å². The molecule has 11 aromatic rings. The molecule has 1 unspecified atom stereocenters. The van der Waals surface area contributed by atoms with Gasteiger partial charge in [-0.05, 0) is 109 Å². The molecule has 65 heavy (non-hydrogen) atoms. The smallest absolute Gasteiger partial charge is 0.143 e. The lowest BCUT2D eigenvalue weighted by Gasteiger charge is -2.34. The minimum Gasteiger partial charge on any atom is -0.455 e. The zero-order valence-corrected chi connectivity index (χ0v) is 36.2. The fourth-order valence-electron chi connectivity index (χ4n) is 10.3. The Kier molecular flexibility index (Phi) is 9.57. The quantitative estimate of drug-likeness (QED) is 0.152. The third-order valence-electron chi connectivity index (χ3n) is 13.2. The Morgan fingerprint density at radius 1 is 0.415 bits per heavy atom. The molecule has 2 nitrogen and oxygen atoms in total. The zero-order chi connectivity index (χ0) is 43.3. The highest BCUT2D eigenvalue weighted by Gasteiger charge is 2.27. The van der Waals surface area contributed by atoms with Gasteiger partial charge >= 0.3 is 0 Å². The molecular formula is C63H45NO. The summed E-state index contributed by atoms with van der Waals surface area (Å²) in [5.74, 6) is 0.350. The van der Waals surface area contributed by atoms with Gasteiger partial charge in [-0.3, -0.25) is 0 Å². The molecule has 308 valence electrons. The maximum atomic E-state index is 6.54. The molecule has 1 aromatic heterocycles. The van der Waals surface area contributed by atoms with E-state index in [9.17, 15) is 0 Å². The van der Waals surface area contributed by atoms with E-state index in [4.69, 9.17) is 4.42 Å². The number of furan rings is 1. The summed E-state index contributed by atoms with van der Waals surface area (Å²) in [7, 11) is 0. The average molecular weight is 832 g/mol. The average Bonchev–Trinajstić information content (AvgIpc) is 3.76. The van der Waals surface area contributed by atoms with Gasteiger partial charge in [0.2, 0.25) is 0 Å². The standard InChI is InChI=1S/C63H45NO/c1-42-35-40-59(57(41-42)55-31-15-24-47-22-13-28-50(62(47)55)44-19-6-3-7-20-44)64(48-38-36-45(37-39-48)51-29-16-32-56-53-26-9-11-34-60(53)65-63(51)56)58-33-10-8-25-52(58)54-30-14-23-46-21-12-27-49(61(46)54)43-17-4-2-5-18-43/h2-40,42H,41H2,1H3. The summed E-state index contributed by atoms with van der Waals surface area (Å²) in [4.78, 5) is 2.52. The van der Waals surface area contributed by atoms with E-state index in [1.807, 2.05) is 6.07 Å². The van der Waals surface area contributed by atoms with Crippen molar-refractivity contribution in [3.63, 3.8) is 0 Å². The Morgan fingerprint density at radius 2 is 0.923 bits per heavy atom. The largest absolute Gasteiger partial charge is 0.455 e. The first-order valence-corrected chi connectivity index (χ1v) is 22.6. The van der Waals surface area contributed by atoms with Crippen molar-refractivity contribution in [2.45, 2.75) is 13.3 Å². The first-order chi connectivity index (χ1) is 32.2. The van der Waals surface area contributed by atoms with E-state index in [1.165, 1.54) is 71.8 Å². The number of benzene rings is 10. The SMILES string of the molecule is CC1C=CC(N(c2ccc(-c3cccc4c3oc3ccccc34)cc2)c2ccccc2-c2cccc3cccc(-c4ccccc4)c23)=C(c2cccc3cccc(-c4ccccc4)c23)C1. The summed E-state index contributed by atoms with van der Waals surface area (Å²) < 4.78 is 6.54. The highest BCUT2D eigenvalue weighted by atomic mass is 16.3. The summed E-state index contributed by atoms with van der Waals surface area (Å²) in [6.07, 6.45) is 5.66. The van der Waals surface area contributed by atoms with Gasteiger partial charge in [-0.15, -0.1) is 0 Å². The van der Waals surface area contributed by atoms with Gasteiger partial charge in [0.15, 0.2) is 0 Å². The predicted molar refractivity (Wildman–Crippen MR) is 275 cm³/mol. The predicted octanol–water partition coefficient (Wildman–Crippen LogP) is 17.7. The van der Waals surface area contributed by atoms with E-state index < -0.39 is 0 Å². The van der Waals surface area contributed by atoms with Crippen molar-refractivity contribution in [2.24, 2.45) is 5.92 Å². The maximum Gasteiger partial charge on any atom is 0.143 e. The molecule has 1 aliphatic rings. The van der Waals surface area contributed by atoms with Gasteiger partial charge in [0.05, 0.1) is 5.69 Å².